The van der Waals surface area contributed by atoms with Crippen molar-refractivity contribution in [3.8, 4) is 11.5 Å². The van der Waals surface area contributed by atoms with E-state index in [4.69, 9.17) is 13.9 Å². The number of hydrogen-bond acceptors (Lipinski definition) is 6. The monoisotopic (exact) mass is 428 g/mol. The standard InChI is InChI=1S/C25H20N2O5/c1-16-7-10-18(11-8-16)25(29)32-21-12-9-17(13-22(21)30-2)15-26-27-24(28)23-14-19-5-3-4-6-20(19)31-23/h3-15H,1-2H3,(H,27,28)/b26-15+. The summed E-state index contributed by atoms with van der Waals surface area (Å²) in [7, 11) is 1.48. The second-order valence-corrected chi connectivity index (χ2v) is 7.01. The number of furan rings is 1. The molecule has 3 aromatic carbocycles. The van der Waals surface area contributed by atoms with E-state index in [9.17, 15) is 9.59 Å². The van der Waals surface area contributed by atoms with E-state index in [1.54, 1.807) is 42.5 Å². The highest BCUT2D eigenvalue weighted by Crippen LogP contribution is 2.28. The molecule has 0 radical (unpaired) electrons. The number of carbonyl (C=O) groups excluding carboxylic acids is 2. The summed E-state index contributed by atoms with van der Waals surface area (Å²) < 4.78 is 16.3. The fraction of sp³-hybridized carbons (Fsp3) is 0.0800. The van der Waals surface area contributed by atoms with Crippen LogP contribution in [0.5, 0.6) is 11.5 Å². The lowest BCUT2D eigenvalue weighted by atomic mass is 10.1. The highest BCUT2D eigenvalue weighted by molar-refractivity contribution is 5.96. The molecule has 0 saturated heterocycles. The van der Waals surface area contributed by atoms with Crippen molar-refractivity contribution in [1.29, 1.82) is 0 Å². The number of aryl methyl sites for hydroxylation is 1. The minimum atomic E-state index is -0.484. The fourth-order valence-electron chi connectivity index (χ4n) is 3.01. The van der Waals surface area contributed by atoms with E-state index in [1.165, 1.54) is 13.3 Å². The Balaban J connectivity index is 1.42. The van der Waals surface area contributed by atoms with Gasteiger partial charge in [0.05, 0.1) is 18.9 Å². The number of nitrogens with zero attached hydrogens (tertiary/aromatic N) is 1. The zero-order valence-electron chi connectivity index (χ0n) is 17.5. The van der Waals surface area contributed by atoms with E-state index >= 15 is 0 Å². The van der Waals surface area contributed by atoms with Crippen LogP contribution in [0.15, 0.2) is 82.3 Å². The summed E-state index contributed by atoms with van der Waals surface area (Å²) >= 11 is 0. The van der Waals surface area contributed by atoms with Crippen molar-refractivity contribution in [2.45, 2.75) is 6.92 Å². The molecule has 1 N–H and O–H groups in total. The molecule has 0 spiro atoms. The van der Waals surface area contributed by atoms with Gasteiger partial charge in [-0.05, 0) is 55.0 Å². The van der Waals surface area contributed by atoms with Crippen molar-refractivity contribution in [1.82, 2.24) is 5.43 Å². The van der Waals surface area contributed by atoms with E-state index < -0.39 is 11.9 Å². The zero-order valence-corrected chi connectivity index (χ0v) is 17.5. The molecule has 0 saturated carbocycles. The van der Waals surface area contributed by atoms with E-state index in [-0.39, 0.29) is 11.5 Å². The summed E-state index contributed by atoms with van der Waals surface area (Å²) in [6.07, 6.45) is 1.45. The van der Waals surface area contributed by atoms with Crippen LogP contribution in [-0.4, -0.2) is 25.2 Å². The molecule has 1 heterocycles. The van der Waals surface area contributed by atoms with Crippen LogP contribution in [0.3, 0.4) is 0 Å². The number of hydrazone groups is 1. The molecule has 1 aromatic heterocycles. The summed E-state index contributed by atoms with van der Waals surface area (Å²) in [5.41, 5.74) is 5.19. The van der Waals surface area contributed by atoms with Gasteiger partial charge in [-0.2, -0.15) is 5.10 Å². The maximum Gasteiger partial charge on any atom is 0.343 e. The van der Waals surface area contributed by atoms with Crippen molar-refractivity contribution in [2.75, 3.05) is 7.11 Å². The molecule has 0 bridgehead atoms. The number of ether oxygens (including phenoxy) is 2. The van der Waals surface area contributed by atoms with Crippen molar-refractivity contribution < 1.29 is 23.5 Å². The first-order valence-corrected chi connectivity index (χ1v) is 9.82. The van der Waals surface area contributed by atoms with Crippen LogP contribution in [0.25, 0.3) is 11.0 Å². The average Bonchev–Trinajstić information content (AvgIpc) is 3.25. The second kappa shape index (κ2) is 9.18. The molecule has 7 heteroatoms. The first-order chi connectivity index (χ1) is 15.5. The van der Waals surface area contributed by atoms with Gasteiger partial charge in [0.25, 0.3) is 0 Å². The Labute approximate surface area is 184 Å². The van der Waals surface area contributed by atoms with Crippen molar-refractivity contribution in [3.05, 3.63) is 95.2 Å². The molecule has 7 nitrogen and oxygen atoms in total. The van der Waals surface area contributed by atoms with Gasteiger partial charge < -0.3 is 13.9 Å². The molecule has 0 aliphatic carbocycles. The molecule has 0 fully saturated rings. The van der Waals surface area contributed by atoms with Gasteiger partial charge in [-0.15, -0.1) is 0 Å². The van der Waals surface area contributed by atoms with Gasteiger partial charge >= 0.3 is 11.9 Å². The molecule has 0 atom stereocenters. The minimum Gasteiger partial charge on any atom is -0.493 e. The van der Waals surface area contributed by atoms with Crippen LogP contribution >= 0.6 is 0 Å². The van der Waals surface area contributed by atoms with Crippen LogP contribution in [0.2, 0.25) is 0 Å². The van der Waals surface area contributed by atoms with Gasteiger partial charge in [0, 0.05) is 5.39 Å². The van der Waals surface area contributed by atoms with E-state index in [1.807, 2.05) is 37.3 Å². The number of methoxy groups -OCH3 is 1. The third kappa shape index (κ3) is 4.67. The van der Waals surface area contributed by atoms with Gasteiger partial charge in [0.2, 0.25) is 0 Å². The zero-order chi connectivity index (χ0) is 22.5. The molecule has 4 aromatic rings. The lowest BCUT2D eigenvalue weighted by Gasteiger charge is -2.10. The lowest BCUT2D eigenvalue weighted by molar-refractivity contribution is 0.0729. The van der Waals surface area contributed by atoms with Crippen LogP contribution in [-0.2, 0) is 0 Å². The van der Waals surface area contributed by atoms with Crippen molar-refractivity contribution in [2.24, 2.45) is 5.10 Å². The smallest absolute Gasteiger partial charge is 0.343 e. The number of rotatable bonds is 6. The van der Waals surface area contributed by atoms with E-state index in [0.717, 1.165) is 10.9 Å². The summed E-state index contributed by atoms with van der Waals surface area (Å²) in [6, 6.07) is 21.0. The number of para-hydroxylation sites is 1. The van der Waals surface area contributed by atoms with Crippen LogP contribution < -0.4 is 14.9 Å². The maximum atomic E-state index is 12.4. The topological polar surface area (TPSA) is 90.1 Å². The second-order valence-electron chi connectivity index (χ2n) is 7.01. The lowest BCUT2D eigenvalue weighted by Crippen LogP contribution is -2.16. The first kappa shape index (κ1) is 20.9. The van der Waals surface area contributed by atoms with Crippen LogP contribution in [0.1, 0.15) is 32.0 Å². The van der Waals surface area contributed by atoms with Gasteiger partial charge in [-0.1, -0.05) is 35.9 Å². The normalized spacial score (nSPS) is 10.9. The fourth-order valence-corrected chi connectivity index (χ4v) is 3.01. The highest BCUT2D eigenvalue weighted by atomic mass is 16.6. The third-order valence-electron chi connectivity index (χ3n) is 4.71. The van der Waals surface area contributed by atoms with Gasteiger partial charge in [-0.25, -0.2) is 10.2 Å². The number of esters is 1. The molecule has 4 rings (SSSR count). The minimum absolute atomic E-state index is 0.166. The summed E-state index contributed by atoms with van der Waals surface area (Å²) in [4.78, 5) is 24.6. The Morgan fingerprint density at radius 3 is 2.50 bits per heavy atom. The Morgan fingerprint density at radius 2 is 1.75 bits per heavy atom. The van der Waals surface area contributed by atoms with E-state index in [0.29, 0.717) is 22.5 Å². The number of hydrogen-bond donors (Lipinski definition) is 1. The Hall–Kier alpha value is -4.39. The largest absolute Gasteiger partial charge is 0.493 e. The number of carbonyl (C=O) groups is 2. The molecular formula is C25H20N2O5. The number of benzene rings is 3. The third-order valence-corrected chi connectivity index (χ3v) is 4.71. The summed E-state index contributed by atoms with van der Waals surface area (Å²) in [5.74, 6) is -0.144. The van der Waals surface area contributed by atoms with Crippen molar-refractivity contribution >= 4 is 29.1 Å². The maximum absolute atomic E-state index is 12.4. The molecule has 0 unspecified atom stereocenters. The predicted octanol–water partition coefficient (Wildman–Crippen LogP) is 4.73. The summed E-state index contributed by atoms with van der Waals surface area (Å²) in [5, 5.41) is 4.80. The SMILES string of the molecule is COc1cc(/C=N/NC(=O)c2cc3ccccc3o2)ccc1OC(=O)c1ccc(C)cc1. The van der Waals surface area contributed by atoms with Crippen molar-refractivity contribution in [3.63, 3.8) is 0 Å². The Bertz CT molecular complexity index is 1270. The number of nitrogens with one attached hydrogen (secondary N) is 1. The quantitative estimate of drug-likeness (QED) is 0.207. The molecule has 0 aliphatic rings. The number of fused-ring (bicyclic) bond motifs is 1. The van der Waals surface area contributed by atoms with E-state index in [2.05, 4.69) is 10.5 Å². The number of amides is 1. The molecule has 1 amide bonds. The van der Waals surface area contributed by atoms with Gasteiger partial charge in [-0.3, -0.25) is 4.79 Å². The summed E-state index contributed by atoms with van der Waals surface area (Å²) in [6.45, 7) is 1.94. The molecule has 0 aliphatic heterocycles. The average molecular weight is 428 g/mol. The molecule has 160 valence electrons. The Kier molecular flexibility index (Phi) is 5.98. The molecule has 32 heavy (non-hydrogen) atoms. The first-order valence-electron chi connectivity index (χ1n) is 9.82. The van der Waals surface area contributed by atoms with Gasteiger partial charge in [0.15, 0.2) is 17.3 Å². The molecular weight excluding hydrogens is 408 g/mol. The predicted molar refractivity (Wildman–Crippen MR) is 120 cm³/mol. The van der Waals surface area contributed by atoms with Crippen LogP contribution in [0, 0.1) is 6.92 Å². The van der Waals surface area contributed by atoms with Gasteiger partial charge in [0.1, 0.15) is 5.58 Å². The Morgan fingerprint density at radius 1 is 0.969 bits per heavy atom. The highest BCUT2D eigenvalue weighted by Gasteiger charge is 2.13. The van der Waals surface area contributed by atoms with Crippen LogP contribution in [0.4, 0.5) is 0 Å².